The fourth-order valence-electron chi connectivity index (χ4n) is 3.59. The first-order valence-electron chi connectivity index (χ1n) is 9.41. The van der Waals surface area contributed by atoms with Crippen molar-refractivity contribution < 1.29 is 18.7 Å². The van der Waals surface area contributed by atoms with Crippen LogP contribution in [0.5, 0.6) is 11.5 Å². The second-order valence-corrected chi connectivity index (χ2v) is 6.96. The number of hydrogen-bond donors (Lipinski definition) is 1. The Morgan fingerprint density at radius 3 is 2.71 bits per heavy atom. The van der Waals surface area contributed by atoms with Crippen molar-refractivity contribution in [1.29, 1.82) is 0 Å². The van der Waals surface area contributed by atoms with Crippen molar-refractivity contribution in [2.75, 3.05) is 11.9 Å². The van der Waals surface area contributed by atoms with E-state index in [-0.39, 0.29) is 12.6 Å². The van der Waals surface area contributed by atoms with Crippen LogP contribution in [0.3, 0.4) is 0 Å². The molecule has 1 aromatic heterocycles. The summed E-state index contributed by atoms with van der Waals surface area (Å²) in [5.41, 5.74) is 3.58. The molecule has 0 bridgehead atoms. The molecule has 1 N–H and O–H groups in total. The van der Waals surface area contributed by atoms with Crippen LogP contribution in [0.25, 0.3) is 11.5 Å². The summed E-state index contributed by atoms with van der Waals surface area (Å²) in [6, 6.07) is 13.5. The molecular formula is C21H19N3O4. The molecule has 142 valence electrons. The first-order valence-corrected chi connectivity index (χ1v) is 9.41. The fraction of sp³-hybridized carbons (Fsp3) is 0.286. The highest BCUT2D eigenvalue weighted by molar-refractivity contribution is 5.93. The highest BCUT2D eigenvalue weighted by Gasteiger charge is 2.28. The molecule has 0 radical (unpaired) electrons. The van der Waals surface area contributed by atoms with E-state index < -0.39 is 12.0 Å². The SMILES string of the molecule is O=C(Nc1nnc(-c2ccc3c(c2)CCCC3)o1)[C@H]1COc2ccccc2O1. The number of para-hydroxylation sites is 2. The molecular weight excluding hydrogens is 358 g/mol. The number of aryl methyl sites for hydroxylation is 2. The third-order valence-corrected chi connectivity index (χ3v) is 5.05. The monoisotopic (exact) mass is 377 g/mol. The second-order valence-electron chi connectivity index (χ2n) is 6.96. The van der Waals surface area contributed by atoms with Gasteiger partial charge in [-0.2, -0.15) is 0 Å². The number of hydrogen-bond acceptors (Lipinski definition) is 6. The molecule has 5 rings (SSSR count). The zero-order valence-electron chi connectivity index (χ0n) is 15.2. The van der Waals surface area contributed by atoms with Gasteiger partial charge in [0.2, 0.25) is 12.0 Å². The number of anilines is 1. The van der Waals surface area contributed by atoms with E-state index in [0.717, 1.165) is 18.4 Å². The Kier molecular flexibility index (Phi) is 4.20. The number of fused-ring (bicyclic) bond motifs is 2. The Morgan fingerprint density at radius 2 is 1.82 bits per heavy atom. The van der Waals surface area contributed by atoms with Crippen molar-refractivity contribution in [2.24, 2.45) is 0 Å². The second kappa shape index (κ2) is 6.99. The van der Waals surface area contributed by atoms with Gasteiger partial charge in [0.05, 0.1) is 0 Å². The number of amides is 1. The van der Waals surface area contributed by atoms with Gasteiger partial charge < -0.3 is 13.9 Å². The molecule has 1 aliphatic heterocycles. The Hall–Kier alpha value is -3.35. The maximum atomic E-state index is 12.5. The summed E-state index contributed by atoms with van der Waals surface area (Å²) in [5, 5.41) is 10.6. The zero-order chi connectivity index (χ0) is 18.9. The van der Waals surface area contributed by atoms with Gasteiger partial charge in [-0.3, -0.25) is 10.1 Å². The molecule has 3 aromatic rings. The number of nitrogens with one attached hydrogen (secondary N) is 1. The van der Waals surface area contributed by atoms with E-state index in [1.165, 1.54) is 24.0 Å². The average molecular weight is 377 g/mol. The Morgan fingerprint density at radius 1 is 1.00 bits per heavy atom. The van der Waals surface area contributed by atoms with Crippen LogP contribution in [-0.2, 0) is 17.6 Å². The third kappa shape index (κ3) is 3.19. The average Bonchev–Trinajstić information content (AvgIpc) is 3.21. The van der Waals surface area contributed by atoms with Gasteiger partial charge >= 0.3 is 6.01 Å². The third-order valence-electron chi connectivity index (χ3n) is 5.05. The number of ether oxygens (including phenoxy) is 2. The van der Waals surface area contributed by atoms with Crippen LogP contribution in [0, 0.1) is 0 Å². The van der Waals surface area contributed by atoms with Crippen molar-refractivity contribution >= 4 is 11.9 Å². The minimum Gasteiger partial charge on any atom is -0.485 e. The van der Waals surface area contributed by atoms with Gasteiger partial charge in [-0.15, -0.1) is 5.10 Å². The lowest BCUT2D eigenvalue weighted by molar-refractivity contribution is -0.125. The topological polar surface area (TPSA) is 86.5 Å². The minimum absolute atomic E-state index is 0.0418. The van der Waals surface area contributed by atoms with Gasteiger partial charge in [-0.25, -0.2) is 0 Å². The standard InChI is InChI=1S/C21H19N3O4/c25-19(18-12-26-16-7-3-4-8-17(16)27-18)22-21-24-23-20(28-21)15-10-9-13-5-1-2-6-14(13)11-15/h3-4,7-11,18H,1-2,5-6,12H2,(H,22,24,25)/t18-/m1/s1. The van der Waals surface area contributed by atoms with E-state index in [2.05, 4.69) is 27.6 Å². The van der Waals surface area contributed by atoms with Gasteiger partial charge in [0.15, 0.2) is 11.5 Å². The predicted molar refractivity (Wildman–Crippen MR) is 101 cm³/mol. The Bertz CT molecular complexity index is 1030. The lowest BCUT2D eigenvalue weighted by Crippen LogP contribution is -2.40. The van der Waals surface area contributed by atoms with Gasteiger partial charge in [0.25, 0.3) is 5.91 Å². The van der Waals surface area contributed by atoms with Crippen LogP contribution < -0.4 is 14.8 Å². The predicted octanol–water partition coefficient (Wildman–Crippen LogP) is 3.39. The van der Waals surface area contributed by atoms with Crippen LogP contribution in [0.1, 0.15) is 24.0 Å². The van der Waals surface area contributed by atoms with E-state index in [4.69, 9.17) is 13.9 Å². The Labute approximate surface area is 161 Å². The molecule has 1 amide bonds. The highest BCUT2D eigenvalue weighted by Crippen LogP contribution is 2.31. The van der Waals surface area contributed by atoms with Crippen molar-refractivity contribution in [3.8, 4) is 23.0 Å². The van der Waals surface area contributed by atoms with Crippen LogP contribution in [0.4, 0.5) is 6.01 Å². The molecule has 0 spiro atoms. The molecule has 28 heavy (non-hydrogen) atoms. The number of carbonyl (C=O) groups excluding carboxylic acids is 1. The molecule has 2 heterocycles. The van der Waals surface area contributed by atoms with E-state index >= 15 is 0 Å². The van der Waals surface area contributed by atoms with Crippen LogP contribution in [0.15, 0.2) is 46.9 Å². The number of rotatable bonds is 3. The Balaban J connectivity index is 1.29. The van der Waals surface area contributed by atoms with Crippen LogP contribution in [-0.4, -0.2) is 28.8 Å². The fourth-order valence-corrected chi connectivity index (χ4v) is 3.59. The molecule has 7 heteroatoms. The summed E-state index contributed by atoms with van der Waals surface area (Å²) >= 11 is 0. The first-order chi connectivity index (χ1) is 13.8. The van der Waals surface area contributed by atoms with E-state index in [9.17, 15) is 4.79 Å². The highest BCUT2D eigenvalue weighted by atomic mass is 16.6. The summed E-state index contributed by atoms with van der Waals surface area (Å²) < 4.78 is 16.9. The maximum absolute atomic E-state index is 12.5. The van der Waals surface area contributed by atoms with Crippen molar-refractivity contribution in [2.45, 2.75) is 31.8 Å². The van der Waals surface area contributed by atoms with Gasteiger partial charge in [0, 0.05) is 5.56 Å². The van der Waals surface area contributed by atoms with E-state index in [0.29, 0.717) is 17.4 Å². The lowest BCUT2D eigenvalue weighted by atomic mass is 9.90. The first kappa shape index (κ1) is 16.8. The number of benzene rings is 2. The molecule has 1 aliphatic carbocycles. The van der Waals surface area contributed by atoms with E-state index in [1.807, 2.05) is 18.2 Å². The van der Waals surface area contributed by atoms with Crippen LogP contribution in [0.2, 0.25) is 0 Å². The minimum atomic E-state index is -0.783. The van der Waals surface area contributed by atoms with Gasteiger partial charge in [0.1, 0.15) is 6.61 Å². The van der Waals surface area contributed by atoms with Crippen LogP contribution >= 0.6 is 0 Å². The number of aromatic nitrogens is 2. The normalized spacial score (nSPS) is 17.6. The molecule has 2 aliphatic rings. The maximum Gasteiger partial charge on any atom is 0.322 e. The smallest absolute Gasteiger partial charge is 0.322 e. The lowest BCUT2D eigenvalue weighted by Gasteiger charge is -2.24. The molecule has 0 saturated carbocycles. The van der Waals surface area contributed by atoms with Gasteiger partial charge in [-0.05, 0) is 61.1 Å². The molecule has 0 saturated heterocycles. The molecule has 2 aromatic carbocycles. The van der Waals surface area contributed by atoms with Crippen molar-refractivity contribution in [1.82, 2.24) is 10.2 Å². The quantitative estimate of drug-likeness (QED) is 0.753. The summed E-state index contributed by atoms with van der Waals surface area (Å²) in [6.07, 6.45) is 3.85. The van der Waals surface area contributed by atoms with Gasteiger partial charge in [-0.1, -0.05) is 23.3 Å². The molecule has 0 fully saturated rings. The largest absolute Gasteiger partial charge is 0.485 e. The summed E-state index contributed by atoms with van der Waals surface area (Å²) in [4.78, 5) is 12.5. The molecule has 7 nitrogen and oxygen atoms in total. The molecule has 0 unspecified atom stereocenters. The summed E-state index contributed by atoms with van der Waals surface area (Å²) in [6.45, 7) is 0.120. The summed E-state index contributed by atoms with van der Waals surface area (Å²) in [5.74, 6) is 1.15. The zero-order valence-corrected chi connectivity index (χ0v) is 15.2. The number of carbonyl (C=O) groups is 1. The molecule has 1 atom stereocenters. The number of nitrogens with zero attached hydrogens (tertiary/aromatic N) is 2. The van der Waals surface area contributed by atoms with Crippen molar-refractivity contribution in [3.05, 3.63) is 53.6 Å². The van der Waals surface area contributed by atoms with E-state index in [1.54, 1.807) is 12.1 Å². The van der Waals surface area contributed by atoms with Crippen molar-refractivity contribution in [3.63, 3.8) is 0 Å². The summed E-state index contributed by atoms with van der Waals surface area (Å²) in [7, 11) is 0.